The van der Waals surface area contributed by atoms with E-state index in [4.69, 9.17) is 30.5 Å². The predicted molar refractivity (Wildman–Crippen MR) is 115 cm³/mol. The van der Waals surface area contributed by atoms with E-state index in [0.717, 1.165) is 5.56 Å². The van der Waals surface area contributed by atoms with E-state index in [-0.39, 0.29) is 5.56 Å². The van der Waals surface area contributed by atoms with Crippen LogP contribution in [0.4, 0.5) is 5.69 Å². The van der Waals surface area contributed by atoms with E-state index < -0.39 is 18.5 Å². The molecule has 0 aliphatic carbocycles. The predicted octanol–water partition coefficient (Wildman–Crippen LogP) is 4.64. The molecule has 7 nitrogen and oxygen atoms in total. The van der Waals surface area contributed by atoms with Crippen molar-refractivity contribution in [2.45, 2.75) is 27.7 Å². The van der Waals surface area contributed by atoms with Crippen molar-refractivity contribution in [1.82, 2.24) is 0 Å². The molecule has 0 saturated heterocycles. The lowest BCUT2D eigenvalue weighted by atomic mass is 10.2. The lowest BCUT2D eigenvalue weighted by Gasteiger charge is -2.17. The van der Waals surface area contributed by atoms with Gasteiger partial charge in [-0.15, -0.1) is 0 Å². The van der Waals surface area contributed by atoms with Crippen LogP contribution in [0.25, 0.3) is 0 Å². The highest BCUT2D eigenvalue weighted by molar-refractivity contribution is 6.31. The first-order chi connectivity index (χ1) is 14.4. The van der Waals surface area contributed by atoms with Crippen LogP contribution >= 0.6 is 11.6 Å². The van der Waals surface area contributed by atoms with E-state index in [1.807, 2.05) is 20.8 Å². The van der Waals surface area contributed by atoms with Crippen molar-refractivity contribution in [2.75, 3.05) is 31.7 Å². The van der Waals surface area contributed by atoms with E-state index in [9.17, 15) is 9.59 Å². The van der Waals surface area contributed by atoms with E-state index >= 15 is 0 Å². The van der Waals surface area contributed by atoms with Crippen LogP contribution in [0.2, 0.25) is 5.02 Å². The Hall–Kier alpha value is -2.93. The largest absolute Gasteiger partial charge is 0.490 e. The number of esters is 1. The molecular formula is C22H26ClNO6. The average molecular weight is 436 g/mol. The molecule has 8 heteroatoms. The zero-order valence-corrected chi connectivity index (χ0v) is 18.3. The van der Waals surface area contributed by atoms with Gasteiger partial charge in [-0.25, -0.2) is 4.79 Å². The van der Waals surface area contributed by atoms with Crippen LogP contribution in [0, 0.1) is 6.92 Å². The van der Waals surface area contributed by atoms with E-state index in [1.54, 1.807) is 25.1 Å². The number of rotatable bonds is 10. The molecule has 0 aliphatic heterocycles. The third-order valence-electron chi connectivity index (χ3n) is 4.02. The topological polar surface area (TPSA) is 83.1 Å². The third kappa shape index (κ3) is 6.03. The van der Waals surface area contributed by atoms with Gasteiger partial charge in [0, 0.05) is 10.7 Å². The van der Waals surface area contributed by atoms with Crippen LogP contribution in [0.1, 0.15) is 36.7 Å². The van der Waals surface area contributed by atoms with E-state index in [0.29, 0.717) is 47.8 Å². The maximum Gasteiger partial charge on any atom is 0.338 e. The SMILES string of the molecule is CCOc1cc(C(=O)OCC(=O)Nc2cccc(Cl)c2C)cc(OCC)c1OCC. The minimum Gasteiger partial charge on any atom is -0.490 e. The smallest absolute Gasteiger partial charge is 0.338 e. The van der Waals surface area contributed by atoms with Crippen molar-refractivity contribution in [3.8, 4) is 17.2 Å². The number of carbonyl (C=O) groups is 2. The summed E-state index contributed by atoms with van der Waals surface area (Å²) in [5.74, 6) is 0.00655. The summed E-state index contributed by atoms with van der Waals surface area (Å²) in [6.45, 7) is 7.99. The molecule has 30 heavy (non-hydrogen) atoms. The Kier molecular flexibility index (Phi) is 8.80. The van der Waals surface area contributed by atoms with Crippen LogP contribution in [0.3, 0.4) is 0 Å². The number of halogens is 1. The Labute approximate surface area is 181 Å². The summed E-state index contributed by atoms with van der Waals surface area (Å²) >= 11 is 6.05. The van der Waals surface area contributed by atoms with Gasteiger partial charge in [0.25, 0.3) is 5.91 Å². The van der Waals surface area contributed by atoms with Gasteiger partial charge in [0.05, 0.1) is 25.4 Å². The van der Waals surface area contributed by atoms with Gasteiger partial charge >= 0.3 is 5.97 Å². The normalized spacial score (nSPS) is 10.3. The monoisotopic (exact) mass is 435 g/mol. The van der Waals surface area contributed by atoms with E-state index in [2.05, 4.69) is 5.32 Å². The quantitative estimate of drug-likeness (QED) is 0.547. The molecule has 0 atom stereocenters. The first-order valence-corrected chi connectivity index (χ1v) is 10.1. The van der Waals surface area contributed by atoms with Crippen LogP contribution in [-0.4, -0.2) is 38.3 Å². The number of benzene rings is 2. The second-order valence-electron chi connectivity index (χ2n) is 6.14. The molecule has 162 valence electrons. The molecule has 1 N–H and O–H groups in total. The van der Waals surface area contributed by atoms with Crippen molar-refractivity contribution >= 4 is 29.2 Å². The molecular weight excluding hydrogens is 410 g/mol. The lowest BCUT2D eigenvalue weighted by Crippen LogP contribution is -2.21. The molecule has 0 bridgehead atoms. The fraction of sp³-hybridized carbons (Fsp3) is 0.364. The zero-order valence-electron chi connectivity index (χ0n) is 17.5. The average Bonchev–Trinajstić information content (AvgIpc) is 2.72. The van der Waals surface area contributed by atoms with Crippen LogP contribution in [0.5, 0.6) is 17.2 Å². The van der Waals surface area contributed by atoms with Gasteiger partial charge in [-0.05, 0) is 57.5 Å². The summed E-state index contributed by atoms with van der Waals surface area (Å²) in [5, 5.41) is 3.21. The van der Waals surface area contributed by atoms with Crippen molar-refractivity contribution in [1.29, 1.82) is 0 Å². The molecule has 2 rings (SSSR count). The van der Waals surface area contributed by atoms with Gasteiger partial charge in [0.15, 0.2) is 18.1 Å². The van der Waals surface area contributed by atoms with Crippen molar-refractivity contribution < 1.29 is 28.5 Å². The number of hydrogen-bond acceptors (Lipinski definition) is 6. The van der Waals surface area contributed by atoms with Crippen molar-refractivity contribution in [2.24, 2.45) is 0 Å². The molecule has 0 saturated carbocycles. The third-order valence-corrected chi connectivity index (χ3v) is 4.43. The molecule has 0 radical (unpaired) electrons. The Morgan fingerprint density at radius 3 is 2.13 bits per heavy atom. The standard InChI is InChI=1S/C22H26ClNO6/c1-5-27-18-11-15(12-19(28-6-2)21(18)29-7-3)22(26)30-13-20(25)24-17-10-8-9-16(23)14(17)4/h8-12H,5-7,13H2,1-4H3,(H,24,25). The highest BCUT2D eigenvalue weighted by Crippen LogP contribution is 2.39. The van der Waals surface area contributed by atoms with Gasteiger partial charge in [-0.2, -0.15) is 0 Å². The summed E-state index contributed by atoms with van der Waals surface area (Å²) in [6.07, 6.45) is 0. The Morgan fingerprint density at radius 2 is 1.57 bits per heavy atom. The number of anilines is 1. The number of amides is 1. The summed E-state index contributed by atoms with van der Waals surface area (Å²) in [5.41, 5.74) is 1.48. The fourth-order valence-electron chi connectivity index (χ4n) is 2.65. The maximum absolute atomic E-state index is 12.5. The van der Waals surface area contributed by atoms with Gasteiger partial charge in [0.2, 0.25) is 5.75 Å². The molecule has 0 aromatic heterocycles. The summed E-state index contributed by atoms with van der Waals surface area (Å²) in [7, 11) is 0. The second kappa shape index (κ2) is 11.3. The number of hydrogen-bond donors (Lipinski definition) is 1. The fourth-order valence-corrected chi connectivity index (χ4v) is 2.82. The Bertz CT molecular complexity index is 872. The molecule has 0 fully saturated rings. The van der Waals surface area contributed by atoms with E-state index in [1.165, 1.54) is 12.1 Å². The highest BCUT2D eigenvalue weighted by Gasteiger charge is 2.20. The number of nitrogens with one attached hydrogen (secondary N) is 1. The molecule has 0 spiro atoms. The second-order valence-corrected chi connectivity index (χ2v) is 6.54. The Morgan fingerprint density at radius 1 is 0.967 bits per heavy atom. The first-order valence-electron chi connectivity index (χ1n) is 9.69. The first kappa shape index (κ1) is 23.3. The molecule has 1 amide bonds. The van der Waals surface area contributed by atoms with Crippen molar-refractivity contribution in [3.63, 3.8) is 0 Å². The maximum atomic E-state index is 12.5. The number of carbonyl (C=O) groups excluding carboxylic acids is 2. The zero-order chi connectivity index (χ0) is 22.1. The van der Waals surface area contributed by atoms with Gasteiger partial charge in [0.1, 0.15) is 0 Å². The number of ether oxygens (including phenoxy) is 4. The minimum absolute atomic E-state index is 0.192. The molecule has 0 heterocycles. The molecule has 0 unspecified atom stereocenters. The van der Waals surface area contributed by atoms with Crippen LogP contribution < -0.4 is 19.5 Å². The van der Waals surface area contributed by atoms with Crippen LogP contribution in [-0.2, 0) is 9.53 Å². The van der Waals surface area contributed by atoms with Crippen molar-refractivity contribution in [3.05, 3.63) is 46.5 Å². The lowest BCUT2D eigenvalue weighted by molar-refractivity contribution is -0.119. The van der Waals surface area contributed by atoms with Gasteiger partial charge in [-0.1, -0.05) is 17.7 Å². The summed E-state index contributed by atoms with van der Waals surface area (Å²) in [6, 6.07) is 8.19. The highest BCUT2D eigenvalue weighted by atomic mass is 35.5. The van der Waals surface area contributed by atoms with Crippen LogP contribution in [0.15, 0.2) is 30.3 Å². The molecule has 2 aromatic rings. The molecule has 2 aromatic carbocycles. The van der Waals surface area contributed by atoms with Gasteiger partial charge < -0.3 is 24.3 Å². The van der Waals surface area contributed by atoms with Gasteiger partial charge in [-0.3, -0.25) is 4.79 Å². The summed E-state index contributed by atoms with van der Waals surface area (Å²) in [4.78, 5) is 24.7. The molecule has 0 aliphatic rings. The summed E-state index contributed by atoms with van der Waals surface area (Å²) < 4.78 is 22.0. The Balaban J connectivity index is 2.13. The minimum atomic E-state index is -0.682.